The average Bonchev–Trinajstić information content (AvgIpc) is 3.20. The van der Waals surface area contributed by atoms with Crippen LogP contribution in [0, 0.1) is 0 Å². The van der Waals surface area contributed by atoms with Crippen molar-refractivity contribution in [3.05, 3.63) is 47.7 Å². The number of nitrogen functional groups attached to an aromatic ring is 1. The number of benzene rings is 1. The van der Waals surface area contributed by atoms with E-state index in [9.17, 15) is 0 Å². The third-order valence-electron chi connectivity index (χ3n) is 5.32. The molecule has 1 aliphatic heterocycles. The zero-order valence-corrected chi connectivity index (χ0v) is 15.4. The zero-order valence-electron chi connectivity index (χ0n) is 15.4. The highest BCUT2D eigenvalue weighted by Gasteiger charge is 2.22. The Morgan fingerprint density at radius 3 is 2.65 bits per heavy atom. The lowest BCUT2D eigenvalue weighted by Crippen LogP contribution is -2.27. The van der Waals surface area contributed by atoms with Gasteiger partial charge in [-0.15, -0.1) is 10.2 Å². The van der Waals surface area contributed by atoms with Gasteiger partial charge in [0.1, 0.15) is 17.1 Å². The number of hydrogen-bond acceptors (Lipinski definition) is 5. The molecule has 0 unspecified atom stereocenters. The number of nitrogens with two attached hydrogens (primary N) is 1. The quantitative estimate of drug-likeness (QED) is 0.765. The van der Waals surface area contributed by atoms with Crippen molar-refractivity contribution < 1.29 is 4.74 Å². The van der Waals surface area contributed by atoms with E-state index >= 15 is 0 Å². The van der Waals surface area contributed by atoms with E-state index in [0.29, 0.717) is 11.9 Å². The molecule has 26 heavy (non-hydrogen) atoms. The Hall–Kier alpha value is -2.60. The second-order valence-corrected chi connectivity index (χ2v) is 7.07. The third-order valence-corrected chi connectivity index (χ3v) is 5.32. The van der Waals surface area contributed by atoms with Gasteiger partial charge in [0.25, 0.3) is 0 Å². The van der Waals surface area contributed by atoms with Crippen molar-refractivity contribution in [3.8, 4) is 5.75 Å². The first kappa shape index (κ1) is 16.8. The van der Waals surface area contributed by atoms with Gasteiger partial charge < -0.3 is 15.0 Å². The lowest BCUT2D eigenvalue weighted by atomic mass is 10.2. The maximum Gasteiger partial charge on any atom is 0.148 e. The zero-order chi connectivity index (χ0) is 18.1. The monoisotopic (exact) mass is 351 g/mol. The molecule has 2 N–H and O–H groups in total. The molecule has 6 nitrogen and oxygen atoms in total. The van der Waals surface area contributed by atoms with Crippen LogP contribution in [0.4, 0.5) is 5.82 Å². The van der Waals surface area contributed by atoms with Gasteiger partial charge in [0.05, 0.1) is 12.6 Å². The van der Waals surface area contributed by atoms with Crippen LogP contribution in [0.1, 0.15) is 31.0 Å². The van der Waals surface area contributed by atoms with Crippen molar-refractivity contribution >= 4 is 16.9 Å². The largest absolute Gasteiger partial charge is 0.497 e. The van der Waals surface area contributed by atoms with Crippen molar-refractivity contribution in [3.63, 3.8) is 0 Å². The average molecular weight is 351 g/mol. The normalized spacial score (nSPS) is 17.8. The molecule has 136 valence electrons. The Balaban J connectivity index is 1.71. The Bertz CT molecular complexity index is 902. The second kappa shape index (κ2) is 6.96. The molecule has 0 aliphatic carbocycles. The second-order valence-electron chi connectivity index (χ2n) is 7.07. The number of ether oxygens (including phenoxy) is 1. The first-order valence-corrected chi connectivity index (χ1v) is 9.12. The van der Waals surface area contributed by atoms with Gasteiger partial charge in [-0.25, -0.2) is 0 Å². The van der Waals surface area contributed by atoms with Gasteiger partial charge >= 0.3 is 0 Å². The smallest absolute Gasteiger partial charge is 0.148 e. The van der Waals surface area contributed by atoms with Crippen LogP contribution in [0.2, 0.25) is 0 Å². The predicted octanol–water partition coefficient (Wildman–Crippen LogP) is 3.05. The van der Waals surface area contributed by atoms with Gasteiger partial charge in [0.2, 0.25) is 0 Å². The summed E-state index contributed by atoms with van der Waals surface area (Å²) in [4.78, 5) is 2.54. The maximum absolute atomic E-state index is 5.91. The summed E-state index contributed by atoms with van der Waals surface area (Å²) in [5.41, 5.74) is 10.3. The highest BCUT2D eigenvalue weighted by Crippen LogP contribution is 2.25. The fraction of sp³-hybridized carbons (Fsp3) is 0.400. The molecule has 1 saturated heterocycles. The highest BCUT2D eigenvalue weighted by atomic mass is 16.5. The molecular formula is C20H25N5O. The molecule has 2 aromatic heterocycles. The Kier molecular flexibility index (Phi) is 4.51. The van der Waals surface area contributed by atoms with Crippen LogP contribution in [0.3, 0.4) is 0 Å². The minimum atomic E-state index is 0.452. The molecule has 3 aromatic rings. The van der Waals surface area contributed by atoms with Crippen molar-refractivity contribution in [1.29, 1.82) is 0 Å². The summed E-state index contributed by atoms with van der Waals surface area (Å²) >= 11 is 0. The van der Waals surface area contributed by atoms with Crippen molar-refractivity contribution in [1.82, 2.24) is 19.7 Å². The standard InChI is InChI=1S/C20H25N5O/c1-14-4-3-9-24(14)13-16-10-18-19(11-20(21)23-22-18)25(16)12-15-5-7-17(26-2)8-6-15/h5-8,10-11,14H,3-4,9,12-13H2,1-2H3,(H2,21,23)/t14-/m0/s1. The van der Waals surface area contributed by atoms with Crippen LogP contribution in [0.15, 0.2) is 36.4 Å². The van der Waals surface area contributed by atoms with Crippen LogP contribution in [0.25, 0.3) is 11.0 Å². The van der Waals surface area contributed by atoms with Crippen LogP contribution in [-0.2, 0) is 13.1 Å². The maximum atomic E-state index is 5.91. The topological polar surface area (TPSA) is 69.2 Å². The minimum absolute atomic E-state index is 0.452. The lowest BCUT2D eigenvalue weighted by Gasteiger charge is -2.22. The summed E-state index contributed by atoms with van der Waals surface area (Å²) in [7, 11) is 1.69. The van der Waals surface area contributed by atoms with Gasteiger partial charge in [-0.05, 0) is 50.1 Å². The summed E-state index contributed by atoms with van der Waals surface area (Å²) in [6.45, 7) is 5.16. The molecule has 3 heterocycles. The van der Waals surface area contributed by atoms with Crippen LogP contribution in [0.5, 0.6) is 5.75 Å². The molecule has 0 spiro atoms. The number of likely N-dealkylation sites (tertiary alicyclic amines) is 1. The Labute approximate surface area is 153 Å². The van der Waals surface area contributed by atoms with Crippen molar-refractivity contribution in [2.75, 3.05) is 19.4 Å². The van der Waals surface area contributed by atoms with E-state index < -0.39 is 0 Å². The first-order chi connectivity index (χ1) is 12.6. The molecule has 1 atom stereocenters. The van der Waals surface area contributed by atoms with Gasteiger partial charge in [-0.3, -0.25) is 4.90 Å². The predicted molar refractivity (Wildman–Crippen MR) is 103 cm³/mol. The SMILES string of the molecule is COc1ccc(Cn2c(CN3CCC[C@@H]3C)cc3nnc(N)cc32)cc1. The van der Waals surface area contributed by atoms with E-state index in [1.165, 1.54) is 24.1 Å². The summed E-state index contributed by atoms with van der Waals surface area (Å²) in [6.07, 6.45) is 2.54. The molecule has 4 rings (SSSR count). The van der Waals surface area contributed by atoms with Gasteiger partial charge in [-0.1, -0.05) is 12.1 Å². The summed E-state index contributed by atoms with van der Waals surface area (Å²) in [5.74, 6) is 1.32. The van der Waals surface area contributed by atoms with E-state index in [4.69, 9.17) is 10.5 Å². The number of anilines is 1. The van der Waals surface area contributed by atoms with E-state index in [1.807, 2.05) is 18.2 Å². The molecule has 0 radical (unpaired) electrons. The van der Waals surface area contributed by atoms with Crippen molar-refractivity contribution in [2.24, 2.45) is 0 Å². The van der Waals surface area contributed by atoms with Crippen LogP contribution >= 0.6 is 0 Å². The Morgan fingerprint density at radius 1 is 1.15 bits per heavy atom. The molecule has 1 aromatic carbocycles. The molecule has 0 amide bonds. The van der Waals surface area contributed by atoms with Crippen LogP contribution < -0.4 is 10.5 Å². The molecule has 0 bridgehead atoms. The highest BCUT2D eigenvalue weighted by molar-refractivity contribution is 5.78. The summed E-state index contributed by atoms with van der Waals surface area (Å²) < 4.78 is 7.58. The van der Waals surface area contributed by atoms with E-state index in [0.717, 1.165) is 36.4 Å². The summed E-state index contributed by atoms with van der Waals surface area (Å²) in [6, 6.07) is 12.9. The molecule has 0 saturated carbocycles. The fourth-order valence-corrected chi connectivity index (χ4v) is 3.78. The Morgan fingerprint density at radius 2 is 1.96 bits per heavy atom. The molecular weight excluding hydrogens is 326 g/mol. The van der Waals surface area contributed by atoms with Gasteiger partial charge in [0.15, 0.2) is 0 Å². The van der Waals surface area contributed by atoms with Gasteiger partial charge in [-0.2, -0.15) is 0 Å². The number of hydrogen-bond donors (Lipinski definition) is 1. The first-order valence-electron chi connectivity index (χ1n) is 9.12. The van der Waals surface area contributed by atoms with E-state index in [-0.39, 0.29) is 0 Å². The number of methoxy groups -OCH3 is 1. The van der Waals surface area contributed by atoms with Crippen LogP contribution in [-0.4, -0.2) is 39.4 Å². The van der Waals surface area contributed by atoms with E-state index in [1.54, 1.807) is 7.11 Å². The minimum Gasteiger partial charge on any atom is -0.497 e. The third kappa shape index (κ3) is 3.24. The number of fused-ring (bicyclic) bond motifs is 1. The number of nitrogens with zero attached hydrogens (tertiary/aromatic N) is 4. The fourth-order valence-electron chi connectivity index (χ4n) is 3.78. The summed E-state index contributed by atoms with van der Waals surface area (Å²) in [5, 5.41) is 8.31. The van der Waals surface area contributed by atoms with E-state index in [2.05, 4.69) is 44.8 Å². The number of aromatic nitrogens is 3. The number of rotatable bonds is 5. The van der Waals surface area contributed by atoms with Crippen molar-refractivity contribution in [2.45, 2.75) is 38.9 Å². The molecule has 1 fully saturated rings. The lowest BCUT2D eigenvalue weighted by molar-refractivity contribution is 0.254. The molecule has 6 heteroatoms. The molecule has 1 aliphatic rings. The van der Waals surface area contributed by atoms with Gasteiger partial charge in [0, 0.05) is 30.9 Å².